The molecule has 0 radical (unpaired) electrons. The summed E-state index contributed by atoms with van der Waals surface area (Å²) in [7, 11) is 4.97. The van der Waals surface area contributed by atoms with E-state index in [0.717, 1.165) is 12.8 Å². The van der Waals surface area contributed by atoms with Crippen LogP contribution < -0.4 is 14.2 Å². The quantitative estimate of drug-likeness (QED) is 0.597. The zero-order valence-corrected chi connectivity index (χ0v) is 13.9. The standard InChI is InChI=1S/C16H23O4P.Li.H/c1-18-12-9-10-13(19-2)15(20-3)14(12)16(17)21-11-7-5-4-6-8-11;;/h9-11,21H,4-8H2,1-3H3;;. The van der Waals surface area contributed by atoms with Gasteiger partial charge in [0.2, 0.25) is 0 Å². The van der Waals surface area contributed by atoms with Crippen LogP contribution in [0, 0.1) is 0 Å². The Morgan fingerprint density at radius 2 is 1.59 bits per heavy atom. The van der Waals surface area contributed by atoms with E-state index in [2.05, 4.69) is 0 Å². The van der Waals surface area contributed by atoms with Gasteiger partial charge in [-0.1, -0.05) is 19.3 Å². The van der Waals surface area contributed by atoms with E-state index < -0.39 is 0 Å². The van der Waals surface area contributed by atoms with Gasteiger partial charge in [-0.2, -0.15) is 0 Å². The van der Waals surface area contributed by atoms with Gasteiger partial charge in [0.05, 0.1) is 21.3 Å². The Bertz CT molecular complexity index is 501. The van der Waals surface area contributed by atoms with Gasteiger partial charge in [-0.15, -0.1) is 0 Å². The molecule has 0 aliphatic heterocycles. The third kappa shape index (κ3) is 4.41. The number of benzene rings is 1. The van der Waals surface area contributed by atoms with Crippen molar-refractivity contribution < 1.29 is 19.0 Å². The van der Waals surface area contributed by atoms with E-state index in [-0.39, 0.29) is 33.0 Å². The van der Waals surface area contributed by atoms with Gasteiger partial charge in [-0.05, 0) is 39.2 Å². The van der Waals surface area contributed by atoms with Gasteiger partial charge in [-0.25, -0.2) is 0 Å². The first-order valence-corrected chi connectivity index (χ1v) is 8.38. The Kier molecular flexibility index (Phi) is 8.32. The van der Waals surface area contributed by atoms with E-state index in [9.17, 15) is 4.79 Å². The van der Waals surface area contributed by atoms with Crippen molar-refractivity contribution in [3.05, 3.63) is 17.7 Å². The van der Waals surface area contributed by atoms with Crippen LogP contribution >= 0.6 is 8.58 Å². The molecular weight excluding hydrogens is 294 g/mol. The second kappa shape index (κ2) is 9.45. The van der Waals surface area contributed by atoms with Crippen LogP contribution in [-0.2, 0) is 0 Å². The number of hydrogen-bond donors (Lipinski definition) is 0. The molecule has 1 aliphatic rings. The Morgan fingerprint density at radius 3 is 2.14 bits per heavy atom. The summed E-state index contributed by atoms with van der Waals surface area (Å²) in [6, 6.07) is 3.53. The van der Waals surface area contributed by atoms with Crippen LogP contribution in [0.5, 0.6) is 17.2 Å². The molecule has 2 rings (SSSR count). The van der Waals surface area contributed by atoms with Gasteiger partial charge in [0.15, 0.2) is 17.0 Å². The van der Waals surface area contributed by atoms with E-state index >= 15 is 0 Å². The summed E-state index contributed by atoms with van der Waals surface area (Å²) in [5.41, 5.74) is 1.13. The first-order chi connectivity index (χ1) is 10.2. The predicted octanol–water partition coefficient (Wildman–Crippen LogP) is 3.22. The van der Waals surface area contributed by atoms with E-state index in [1.165, 1.54) is 19.3 Å². The average Bonchev–Trinajstić information content (AvgIpc) is 2.54. The Morgan fingerprint density at radius 1 is 1.00 bits per heavy atom. The van der Waals surface area contributed by atoms with Crippen LogP contribution in [0.2, 0.25) is 0 Å². The van der Waals surface area contributed by atoms with Gasteiger partial charge in [0.25, 0.3) is 0 Å². The molecule has 0 aromatic heterocycles. The number of carbonyl (C=O) groups is 1. The first-order valence-electron chi connectivity index (χ1n) is 7.31. The van der Waals surface area contributed by atoms with Crippen LogP contribution in [0.3, 0.4) is 0 Å². The van der Waals surface area contributed by atoms with E-state index in [1.807, 2.05) is 0 Å². The number of methoxy groups -OCH3 is 3. The first kappa shape index (κ1) is 19.4. The summed E-state index contributed by atoms with van der Waals surface area (Å²) < 4.78 is 16.0. The van der Waals surface area contributed by atoms with Gasteiger partial charge >= 0.3 is 18.9 Å². The molecule has 22 heavy (non-hydrogen) atoms. The maximum atomic E-state index is 12.7. The zero-order valence-electron chi connectivity index (χ0n) is 12.9. The molecule has 0 N–H and O–H groups in total. The molecule has 0 amide bonds. The molecule has 0 spiro atoms. The molecule has 118 valence electrons. The fraction of sp³-hybridized carbons (Fsp3) is 0.562. The molecular formula is C16H24LiO4P. The summed E-state index contributed by atoms with van der Waals surface area (Å²) in [6.45, 7) is 0. The second-order valence-electron chi connectivity index (χ2n) is 5.19. The van der Waals surface area contributed by atoms with Crippen molar-refractivity contribution in [2.75, 3.05) is 21.3 Å². The average molecular weight is 318 g/mol. The molecule has 1 atom stereocenters. The molecule has 0 heterocycles. The molecule has 1 fully saturated rings. The van der Waals surface area contributed by atoms with Crippen LogP contribution in [0.4, 0.5) is 0 Å². The molecule has 0 saturated heterocycles. The molecule has 1 aromatic carbocycles. The summed E-state index contributed by atoms with van der Waals surface area (Å²) in [4.78, 5) is 12.7. The SMILES string of the molecule is COc1ccc(OC)c(C(=O)PC2CCCCC2)c1OC.[LiH]. The van der Waals surface area contributed by atoms with Crippen molar-refractivity contribution >= 4 is 33.0 Å². The minimum atomic E-state index is 0. The van der Waals surface area contributed by atoms with Gasteiger partial charge in [0.1, 0.15) is 11.3 Å². The van der Waals surface area contributed by atoms with Gasteiger partial charge in [-0.3, -0.25) is 4.79 Å². The van der Waals surface area contributed by atoms with Crippen molar-refractivity contribution in [3.63, 3.8) is 0 Å². The molecule has 1 saturated carbocycles. The number of carbonyl (C=O) groups excluding carboxylic acids is 1. The monoisotopic (exact) mass is 318 g/mol. The number of rotatable bonds is 6. The van der Waals surface area contributed by atoms with Crippen LogP contribution in [-0.4, -0.2) is 51.4 Å². The van der Waals surface area contributed by atoms with Crippen LogP contribution in [0.25, 0.3) is 0 Å². The van der Waals surface area contributed by atoms with Crippen molar-refractivity contribution in [1.29, 1.82) is 0 Å². The van der Waals surface area contributed by atoms with Crippen molar-refractivity contribution in [1.82, 2.24) is 0 Å². The minimum absolute atomic E-state index is 0. The molecule has 1 aliphatic carbocycles. The molecule has 6 heteroatoms. The molecule has 4 nitrogen and oxygen atoms in total. The third-order valence-electron chi connectivity index (χ3n) is 3.89. The topological polar surface area (TPSA) is 44.8 Å². The molecule has 1 aromatic rings. The predicted molar refractivity (Wildman–Crippen MR) is 92.8 cm³/mol. The van der Waals surface area contributed by atoms with Gasteiger partial charge < -0.3 is 14.2 Å². The number of ether oxygens (including phenoxy) is 3. The van der Waals surface area contributed by atoms with E-state index in [1.54, 1.807) is 33.5 Å². The number of hydrogen-bond acceptors (Lipinski definition) is 4. The fourth-order valence-corrected chi connectivity index (χ4v) is 4.25. The molecule has 1 unspecified atom stereocenters. The van der Waals surface area contributed by atoms with Crippen molar-refractivity contribution in [2.24, 2.45) is 0 Å². The van der Waals surface area contributed by atoms with Crippen LogP contribution in [0.15, 0.2) is 12.1 Å². The van der Waals surface area contributed by atoms with E-state index in [4.69, 9.17) is 14.2 Å². The van der Waals surface area contributed by atoms with Crippen molar-refractivity contribution in [2.45, 2.75) is 37.8 Å². The zero-order chi connectivity index (χ0) is 15.2. The summed E-state index contributed by atoms with van der Waals surface area (Å²) in [5, 5.41) is 0. The Labute approximate surface area is 146 Å². The normalized spacial score (nSPS) is 15.4. The third-order valence-corrected chi connectivity index (χ3v) is 5.39. The van der Waals surface area contributed by atoms with E-state index in [0.29, 0.717) is 28.5 Å². The summed E-state index contributed by atoms with van der Waals surface area (Å²) in [5.74, 6) is 1.60. The fourth-order valence-electron chi connectivity index (χ4n) is 2.80. The van der Waals surface area contributed by atoms with Crippen LogP contribution in [0.1, 0.15) is 42.5 Å². The summed E-state index contributed by atoms with van der Waals surface area (Å²) >= 11 is 0. The Hall–Kier alpha value is -0.683. The summed E-state index contributed by atoms with van der Waals surface area (Å²) in [6.07, 6.45) is 6.06. The van der Waals surface area contributed by atoms with Gasteiger partial charge in [0, 0.05) is 0 Å². The second-order valence-corrected chi connectivity index (χ2v) is 6.75. The van der Waals surface area contributed by atoms with Crippen molar-refractivity contribution in [3.8, 4) is 17.2 Å². The Balaban J connectivity index is 0.00000242. The molecule has 0 bridgehead atoms. The maximum absolute atomic E-state index is 12.7.